The summed E-state index contributed by atoms with van der Waals surface area (Å²) in [5.74, 6) is -0.688. The summed E-state index contributed by atoms with van der Waals surface area (Å²) in [5.41, 5.74) is 2.23. The number of rotatable bonds is 4. The fourth-order valence-electron chi connectivity index (χ4n) is 4.09. The van der Waals surface area contributed by atoms with Gasteiger partial charge >= 0.3 is 6.09 Å². The molecule has 0 bridgehead atoms. The number of hydrogen-bond donors (Lipinski definition) is 0. The van der Waals surface area contributed by atoms with Gasteiger partial charge in [0.15, 0.2) is 5.69 Å². The molecule has 0 N–H and O–H groups in total. The third-order valence-corrected chi connectivity index (χ3v) is 5.73. The molecule has 0 aliphatic carbocycles. The van der Waals surface area contributed by atoms with Gasteiger partial charge < -0.3 is 9.64 Å². The Morgan fingerprint density at radius 3 is 2.09 bits per heavy atom. The largest absolute Gasteiger partial charge is 0.444 e. The van der Waals surface area contributed by atoms with Crippen molar-refractivity contribution in [3.8, 4) is 28.6 Å². The van der Waals surface area contributed by atoms with Crippen LogP contribution in [0.15, 0.2) is 48.5 Å². The summed E-state index contributed by atoms with van der Waals surface area (Å²) in [6, 6.07) is 13.8. The number of halogens is 2. The maximum absolute atomic E-state index is 13.6. The van der Waals surface area contributed by atoms with Crippen LogP contribution in [0.1, 0.15) is 38.6 Å². The van der Waals surface area contributed by atoms with E-state index in [0.717, 1.165) is 6.42 Å². The van der Waals surface area contributed by atoms with Gasteiger partial charge in [-0.15, -0.1) is 0 Å². The zero-order chi connectivity index (χ0) is 25.2. The van der Waals surface area contributed by atoms with E-state index in [2.05, 4.69) is 11.1 Å². The molecule has 1 saturated heterocycles. The molecule has 2 aromatic carbocycles. The van der Waals surface area contributed by atoms with Gasteiger partial charge in [-0.05, 0) is 88.1 Å². The number of nitrogens with zero attached hydrogens (tertiary/aromatic N) is 4. The maximum Gasteiger partial charge on any atom is 0.410 e. The Morgan fingerprint density at radius 2 is 1.57 bits per heavy atom. The van der Waals surface area contributed by atoms with E-state index in [4.69, 9.17) is 9.72 Å². The van der Waals surface area contributed by atoms with Gasteiger partial charge in [-0.3, -0.25) is 0 Å². The number of nitriles is 1. The topological polar surface area (TPSA) is 79.1 Å². The highest BCUT2D eigenvalue weighted by atomic mass is 19.1. The monoisotopic (exact) mass is 476 g/mol. The molecular formula is C27H26F2N4O2. The van der Waals surface area contributed by atoms with Crippen molar-refractivity contribution in [1.82, 2.24) is 14.9 Å². The standard InChI is InChI=1S/C27H26F2N4O2/c1-27(2,3)35-26(34)33-13-12-17(16-33)14-22-23(15-30)32-25(19-6-10-21(29)11-7-19)24(31-22)18-4-8-20(28)9-5-18/h4-11,17H,12-14,16H2,1-3H3/t17-/m1/s1. The molecule has 1 aromatic heterocycles. The first-order valence-electron chi connectivity index (χ1n) is 11.4. The van der Waals surface area contributed by atoms with Crippen LogP contribution < -0.4 is 0 Å². The Balaban J connectivity index is 1.67. The highest BCUT2D eigenvalue weighted by Gasteiger charge is 2.31. The molecule has 1 amide bonds. The average molecular weight is 477 g/mol. The summed E-state index contributed by atoms with van der Waals surface area (Å²) in [5, 5.41) is 9.83. The summed E-state index contributed by atoms with van der Waals surface area (Å²) < 4.78 is 32.6. The number of amides is 1. The first kappa shape index (κ1) is 24.3. The highest BCUT2D eigenvalue weighted by molar-refractivity contribution is 5.78. The first-order valence-corrected chi connectivity index (χ1v) is 11.4. The Bertz CT molecular complexity index is 1260. The lowest BCUT2D eigenvalue weighted by Crippen LogP contribution is -2.35. The Kier molecular flexibility index (Phi) is 6.79. The van der Waals surface area contributed by atoms with Crippen molar-refractivity contribution in [2.75, 3.05) is 13.1 Å². The number of carbonyl (C=O) groups is 1. The Morgan fingerprint density at radius 1 is 1.03 bits per heavy atom. The van der Waals surface area contributed by atoms with Crippen LogP contribution in [0.3, 0.4) is 0 Å². The molecule has 1 fully saturated rings. The second kappa shape index (κ2) is 9.79. The van der Waals surface area contributed by atoms with Gasteiger partial charge in [0.05, 0.1) is 17.1 Å². The molecule has 8 heteroatoms. The molecule has 6 nitrogen and oxygen atoms in total. The molecule has 4 rings (SSSR count). The number of benzene rings is 2. The third kappa shape index (κ3) is 5.80. The van der Waals surface area contributed by atoms with Crippen LogP contribution in [0.2, 0.25) is 0 Å². The van der Waals surface area contributed by atoms with Gasteiger partial charge in [-0.25, -0.2) is 23.5 Å². The second-order valence-corrected chi connectivity index (χ2v) is 9.63. The lowest BCUT2D eigenvalue weighted by molar-refractivity contribution is 0.0288. The van der Waals surface area contributed by atoms with Gasteiger partial charge in [-0.1, -0.05) is 0 Å². The molecule has 3 aromatic rings. The van der Waals surface area contributed by atoms with Crippen molar-refractivity contribution in [2.45, 2.75) is 39.2 Å². The normalized spacial score (nSPS) is 15.7. The van der Waals surface area contributed by atoms with Gasteiger partial charge in [0, 0.05) is 24.2 Å². The minimum absolute atomic E-state index is 0.0849. The van der Waals surface area contributed by atoms with E-state index in [9.17, 15) is 18.8 Å². The Labute approximate surface area is 203 Å². The summed E-state index contributed by atoms with van der Waals surface area (Å²) in [6.07, 6.45) is 0.843. The second-order valence-electron chi connectivity index (χ2n) is 9.63. The van der Waals surface area contributed by atoms with Crippen LogP contribution in [-0.2, 0) is 11.2 Å². The molecule has 1 aliphatic heterocycles. The molecule has 0 saturated carbocycles. The molecule has 1 atom stereocenters. The van der Waals surface area contributed by atoms with E-state index in [1.165, 1.54) is 24.3 Å². The number of likely N-dealkylation sites (tertiary alicyclic amines) is 1. The first-order chi connectivity index (χ1) is 16.6. The van der Waals surface area contributed by atoms with Crippen LogP contribution in [0.5, 0.6) is 0 Å². The molecule has 2 heterocycles. The number of aromatic nitrogens is 2. The van der Waals surface area contributed by atoms with Gasteiger partial charge in [0.2, 0.25) is 0 Å². The quantitative estimate of drug-likeness (QED) is 0.478. The van der Waals surface area contributed by atoms with E-state index in [1.807, 2.05) is 20.8 Å². The predicted octanol–water partition coefficient (Wildman–Crippen LogP) is 5.76. The van der Waals surface area contributed by atoms with E-state index < -0.39 is 11.4 Å². The van der Waals surface area contributed by atoms with Crippen LogP contribution in [-0.4, -0.2) is 39.7 Å². The van der Waals surface area contributed by atoms with Crippen molar-refractivity contribution < 1.29 is 18.3 Å². The van der Waals surface area contributed by atoms with Crippen molar-refractivity contribution in [3.63, 3.8) is 0 Å². The maximum atomic E-state index is 13.6. The minimum atomic E-state index is -0.575. The molecule has 0 unspecified atom stereocenters. The summed E-state index contributed by atoms with van der Waals surface area (Å²) in [4.78, 5) is 23.5. The van der Waals surface area contributed by atoms with E-state index in [0.29, 0.717) is 47.7 Å². The molecule has 1 aliphatic rings. The van der Waals surface area contributed by atoms with Crippen LogP contribution in [0, 0.1) is 28.9 Å². The minimum Gasteiger partial charge on any atom is -0.444 e. The van der Waals surface area contributed by atoms with Crippen molar-refractivity contribution in [2.24, 2.45) is 5.92 Å². The molecule has 0 spiro atoms. The zero-order valence-electron chi connectivity index (χ0n) is 19.9. The highest BCUT2D eigenvalue weighted by Crippen LogP contribution is 2.32. The van der Waals surface area contributed by atoms with Crippen LogP contribution in [0.4, 0.5) is 13.6 Å². The molecule has 0 radical (unpaired) electrons. The van der Waals surface area contributed by atoms with Crippen LogP contribution in [0.25, 0.3) is 22.5 Å². The molecule has 35 heavy (non-hydrogen) atoms. The van der Waals surface area contributed by atoms with E-state index in [-0.39, 0.29) is 23.5 Å². The lowest BCUT2D eigenvalue weighted by Gasteiger charge is -2.24. The van der Waals surface area contributed by atoms with E-state index in [1.54, 1.807) is 29.2 Å². The van der Waals surface area contributed by atoms with Crippen molar-refractivity contribution >= 4 is 6.09 Å². The fourth-order valence-corrected chi connectivity index (χ4v) is 4.09. The number of hydrogen-bond acceptors (Lipinski definition) is 5. The summed E-state index contributed by atoms with van der Waals surface area (Å²) >= 11 is 0. The van der Waals surface area contributed by atoms with Crippen LogP contribution >= 0.6 is 0 Å². The van der Waals surface area contributed by atoms with Gasteiger partial charge in [-0.2, -0.15) is 5.26 Å². The van der Waals surface area contributed by atoms with Crippen molar-refractivity contribution in [3.05, 3.63) is 71.6 Å². The average Bonchev–Trinajstić information content (AvgIpc) is 3.28. The zero-order valence-corrected chi connectivity index (χ0v) is 19.9. The molecular weight excluding hydrogens is 450 g/mol. The lowest BCUT2D eigenvalue weighted by atomic mass is 9.99. The smallest absolute Gasteiger partial charge is 0.410 e. The fraction of sp³-hybridized carbons (Fsp3) is 0.333. The Hall–Kier alpha value is -3.86. The summed E-state index contributed by atoms with van der Waals surface area (Å²) in [6.45, 7) is 6.53. The van der Waals surface area contributed by atoms with Gasteiger partial charge in [0.25, 0.3) is 0 Å². The number of carbonyl (C=O) groups excluding carboxylic acids is 1. The molecule has 180 valence electrons. The SMILES string of the molecule is CC(C)(C)OC(=O)N1CC[C@H](Cc2nc(-c3ccc(F)cc3)c(-c3ccc(F)cc3)nc2C#N)C1. The summed E-state index contributed by atoms with van der Waals surface area (Å²) in [7, 11) is 0. The predicted molar refractivity (Wildman–Crippen MR) is 127 cm³/mol. The number of ether oxygens (including phenoxy) is 1. The van der Waals surface area contributed by atoms with E-state index >= 15 is 0 Å². The third-order valence-electron chi connectivity index (χ3n) is 5.73. The van der Waals surface area contributed by atoms with Crippen molar-refractivity contribution in [1.29, 1.82) is 5.26 Å². The van der Waals surface area contributed by atoms with Gasteiger partial charge in [0.1, 0.15) is 23.3 Å².